The van der Waals surface area contributed by atoms with Crippen molar-refractivity contribution in [3.8, 4) is 5.75 Å². The number of carbonyl (C=O) groups is 1. The van der Waals surface area contributed by atoms with Crippen molar-refractivity contribution in [2.45, 2.75) is 51.7 Å². The number of halogens is 1. The lowest BCUT2D eigenvalue weighted by molar-refractivity contribution is -0.138. The second-order valence-corrected chi connectivity index (χ2v) is 7.03. The fraction of sp³-hybridized carbons (Fsp3) is 0.632. The van der Waals surface area contributed by atoms with Crippen LogP contribution in [0.2, 0.25) is 0 Å². The molecule has 4 nitrogen and oxygen atoms in total. The van der Waals surface area contributed by atoms with Crippen LogP contribution in [0.5, 0.6) is 5.75 Å². The molecule has 0 spiro atoms. The van der Waals surface area contributed by atoms with E-state index < -0.39 is 0 Å². The topological polar surface area (TPSA) is 41.6 Å². The molecule has 0 unspecified atom stereocenters. The van der Waals surface area contributed by atoms with Crippen molar-refractivity contribution in [3.63, 3.8) is 0 Å². The normalized spacial score (nSPS) is 25.0. The first-order valence-corrected chi connectivity index (χ1v) is 8.87. The Morgan fingerprint density at radius 3 is 2.46 bits per heavy atom. The maximum absolute atomic E-state index is 12.7. The summed E-state index contributed by atoms with van der Waals surface area (Å²) in [6.07, 6.45) is 4.04. The molecule has 2 fully saturated rings. The lowest BCUT2D eigenvalue weighted by atomic mass is 9.91. The second-order valence-electron chi connectivity index (χ2n) is 7.03. The molecule has 1 aromatic rings. The van der Waals surface area contributed by atoms with E-state index in [4.69, 9.17) is 4.74 Å². The van der Waals surface area contributed by atoms with Gasteiger partial charge in [0.05, 0.1) is 0 Å². The van der Waals surface area contributed by atoms with E-state index in [0.29, 0.717) is 11.9 Å². The molecule has 5 heteroatoms. The molecule has 2 aliphatic rings. The molecule has 2 atom stereocenters. The number of hydrogen-bond acceptors (Lipinski definition) is 3. The zero-order valence-electron chi connectivity index (χ0n) is 14.7. The molecule has 1 aromatic carbocycles. The zero-order valence-corrected chi connectivity index (χ0v) is 15.5. The van der Waals surface area contributed by atoms with Crippen molar-refractivity contribution in [2.24, 2.45) is 5.92 Å². The summed E-state index contributed by atoms with van der Waals surface area (Å²) in [6, 6.07) is 8.67. The van der Waals surface area contributed by atoms with Gasteiger partial charge in [0.2, 0.25) is 5.91 Å². The van der Waals surface area contributed by atoms with E-state index in [9.17, 15) is 4.79 Å². The number of amides is 1. The Hall–Kier alpha value is -1.26. The number of nitrogens with one attached hydrogen (secondary N) is 1. The molecule has 2 heterocycles. The van der Waals surface area contributed by atoms with Gasteiger partial charge in [-0.25, -0.2) is 0 Å². The summed E-state index contributed by atoms with van der Waals surface area (Å²) in [7, 11) is 0. The molecular formula is C19H29ClN2O2. The number of aryl methyl sites for hydroxylation is 1. The lowest BCUT2D eigenvalue weighted by Gasteiger charge is -2.36. The van der Waals surface area contributed by atoms with E-state index in [1.54, 1.807) is 0 Å². The molecule has 2 aliphatic heterocycles. The number of ether oxygens (including phenoxy) is 1. The molecule has 134 valence electrons. The maximum Gasteiger partial charge on any atom is 0.225 e. The van der Waals surface area contributed by atoms with Crippen LogP contribution >= 0.6 is 12.4 Å². The first-order valence-electron chi connectivity index (χ1n) is 8.87. The van der Waals surface area contributed by atoms with E-state index in [0.717, 1.165) is 51.1 Å². The molecule has 24 heavy (non-hydrogen) atoms. The fourth-order valence-corrected chi connectivity index (χ4v) is 3.62. The number of rotatable bonds is 3. The van der Waals surface area contributed by atoms with Gasteiger partial charge < -0.3 is 15.0 Å². The Balaban J connectivity index is 0.00000208. The van der Waals surface area contributed by atoms with E-state index in [-0.39, 0.29) is 24.4 Å². The van der Waals surface area contributed by atoms with Crippen LogP contribution in [0.25, 0.3) is 0 Å². The van der Waals surface area contributed by atoms with Crippen molar-refractivity contribution >= 4 is 18.3 Å². The molecule has 3 rings (SSSR count). The van der Waals surface area contributed by atoms with Crippen LogP contribution in [-0.2, 0) is 4.79 Å². The largest absolute Gasteiger partial charge is 0.490 e. The molecule has 0 aliphatic carbocycles. The predicted octanol–water partition coefficient (Wildman–Crippen LogP) is 3.17. The Morgan fingerprint density at radius 1 is 1.17 bits per heavy atom. The van der Waals surface area contributed by atoms with Gasteiger partial charge in [-0.2, -0.15) is 0 Å². The van der Waals surface area contributed by atoms with Gasteiger partial charge >= 0.3 is 0 Å². The van der Waals surface area contributed by atoms with Crippen LogP contribution in [0.4, 0.5) is 0 Å². The van der Waals surface area contributed by atoms with Crippen LogP contribution in [0, 0.1) is 12.8 Å². The summed E-state index contributed by atoms with van der Waals surface area (Å²) in [5, 5.41) is 3.42. The minimum absolute atomic E-state index is 0. The minimum Gasteiger partial charge on any atom is -0.490 e. The van der Waals surface area contributed by atoms with E-state index in [1.165, 1.54) is 5.56 Å². The number of hydrogen-bond donors (Lipinski definition) is 1. The van der Waals surface area contributed by atoms with Gasteiger partial charge in [0.1, 0.15) is 11.9 Å². The smallest absolute Gasteiger partial charge is 0.225 e. The van der Waals surface area contributed by atoms with Crippen LogP contribution < -0.4 is 10.1 Å². The SMILES string of the molecule is Cc1ccc(OC2CCN(C(=O)[C@H]3CCN[C@@H](C)C3)CC2)cc1.Cl. The van der Waals surface area contributed by atoms with Crippen molar-refractivity contribution in [1.82, 2.24) is 10.2 Å². The van der Waals surface area contributed by atoms with Crippen molar-refractivity contribution in [2.75, 3.05) is 19.6 Å². The van der Waals surface area contributed by atoms with Gasteiger partial charge in [0, 0.05) is 37.9 Å². The lowest BCUT2D eigenvalue weighted by Crippen LogP contribution is -2.47. The number of carbonyl (C=O) groups excluding carboxylic acids is 1. The van der Waals surface area contributed by atoms with Gasteiger partial charge in [-0.1, -0.05) is 17.7 Å². The Kier molecular flexibility index (Phi) is 6.93. The van der Waals surface area contributed by atoms with Crippen molar-refractivity contribution in [3.05, 3.63) is 29.8 Å². The van der Waals surface area contributed by atoms with Gasteiger partial charge in [-0.3, -0.25) is 4.79 Å². The maximum atomic E-state index is 12.7. The second kappa shape index (κ2) is 8.72. The standard InChI is InChI=1S/C19H28N2O2.ClH/c1-14-3-5-17(6-4-14)23-18-8-11-21(12-9-18)19(22)16-7-10-20-15(2)13-16;/h3-6,15-16,18,20H,7-13H2,1-2H3;1H/t15-,16-;/m0./s1. The summed E-state index contributed by atoms with van der Waals surface area (Å²) in [4.78, 5) is 14.7. The van der Waals surface area contributed by atoms with E-state index in [2.05, 4.69) is 36.2 Å². The third-order valence-electron chi connectivity index (χ3n) is 5.05. The number of benzene rings is 1. The Bertz CT molecular complexity index is 527. The number of likely N-dealkylation sites (tertiary alicyclic amines) is 1. The highest BCUT2D eigenvalue weighted by atomic mass is 35.5. The molecule has 1 N–H and O–H groups in total. The summed E-state index contributed by atoms with van der Waals surface area (Å²) in [6.45, 7) is 6.86. The summed E-state index contributed by atoms with van der Waals surface area (Å²) in [5.41, 5.74) is 1.24. The highest BCUT2D eigenvalue weighted by molar-refractivity contribution is 5.85. The minimum atomic E-state index is 0. The monoisotopic (exact) mass is 352 g/mol. The zero-order chi connectivity index (χ0) is 16.2. The van der Waals surface area contributed by atoms with Gasteiger partial charge in [-0.15, -0.1) is 12.4 Å². The first kappa shape index (κ1) is 19.1. The molecular weight excluding hydrogens is 324 g/mol. The number of piperidine rings is 2. The fourth-order valence-electron chi connectivity index (χ4n) is 3.62. The summed E-state index contributed by atoms with van der Waals surface area (Å²) in [5.74, 6) is 1.50. The molecule has 0 radical (unpaired) electrons. The Morgan fingerprint density at radius 2 is 1.83 bits per heavy atom. The Labute approximate surface area is 151 Å². The quantitative estimate of drug-likeness (QED) is 0.908. The van der Waals surface area contributed by atoms with Crippen LogP contribution in [0.15, 0.2) is 24.3 Å². The average molecular weight is 353 g/mol. The van der Waals surface area contributed by atoms with Crippen molar-refractivity contribution < 1.29 is 9.53 Å². The average Bonchev–Trinajstić information content (AvgIpc) is 2.57. The molecule has 0 bridgehead atoms. The third kappa shape index (κ3) is 4.87. The van der Waals surface area contributed by atoms with Crippen molar-refractivity contribution in [1.29, 1.82) is 0 Å². The van der Waals surface area contributed by atoms with E-state index >= 15 is 0 Å². The van der Waals surface area contributed by atoms with Gasteiger partial charge in [-0.05, 0) is 45.4 Å². The van der Waals surface area contributed by atoms with Crippen LogP contribution in [0.3, 0.4) is 0 Å². The molecule has 1 amide bonds. The molecule has 0 saturated carbocycles. The van der Waals surface area contributed by atoms with Crippen LogP contribution in [-0.4, -0.2) is 42.6 Å². The molecule has 0 aromatic heterocycles. The van der Waals surface area contributed by atoms with Crippen LogP contribution in [0.1, 0.15) is 38.2 Å². The first-order chi connectivity index (χ1) is 11.1. The molecule has 2 saturated heterocycles. The van der Waals surface area contributed by atoms with E-state index in [1.807, 2.05) is 12.1 Å². The predicted molar refractivity (Wildman–Crippen MR) is 98.8 cm³/mol. The third-order valence-corrected chi connectivity index (χ3v) is 5.05. The highest BCUT2D eigenvalue weighted by Crippen LogP contribution is 2.23. The summed E-state index contributed by atoms with van der Waals surface area (Å²) < 4.78 is 6.05. The highest BCUT2D eigenvalue weighted by Gasteiger charge is 2.31. The number of nitrogens with zero attached hydrogens (tertiary/aromatic N) is 1. The summed E-state index contributed by atoms with van der Waals surface area (Å²) >= 11 is 0. The van der Waals surface area contributed by atoms with Gasteiger partial charge in [0.15, 0.2) is 0 Å². The van der Waals surface area contributed by atoms with Gasteiger partial charge in [0.25, 0.3) is 0 Å².